The first kappa shape index (κ1) is 12.5. The smallest absolute Gasteiger partial charge is 0.310 e. The Morgan fingerprint density at radius 1 is 1.72 bits per heavy atom. The summed E-state index contributed by atoms with van der Waals surface area (Å²) in [5.41, 5.74) is 0.745. The van der Waals surface area contributed by atoms with E-state index >= 15 is 0 Å². The van der Waals surface area contributed by atoms with Crippen molar-refractivity contribution < 1.29 is 9.90 Å². The Labute approximate surface area is 106 Å². The summed E-state index contributed by atoms with van der Waals surface area (Å²) < 4.78 is 0. The predicted octanol–water partition coefficient (Wildman–Crippen LogP) is 1.25. The second-order valence-electron chi connectivity index (χ2n) is 4.99. The third kappa shape index (κ3) is 2.49. The zero-order valence-corrected chi connectivity index (χ0v) is 10.3. The number of carboxylic acids is 1. The Morgan fingerprint density at radius 3 is 3.11 bits per heavy atom. The number of pyridine rings is 1. The summed E-state index contributed by atoms with van der Waals surface area (Å²) in [6.45, 7) is 3.77. The zero-order chi connectivity index (χ0) is 13.2. The molecule has 1 saturated heterocycles. The molecule has 0 saturated carbocycles. The summed E-state index contributed by atoms with van der Waals surface area (Å²) in [5, 5.41) is 17.9. The van der Waals surface area contributed by atoms with Gasteiger partial charge in [0.1, 0.15) is 11.8 Å². The van der Waals surface area contributed by atoms with E-state index < -0.39 is 11.4 Å². The third-order valence-electron chi connectivity index (χ3n) is 3.41. The second kappa shape index (κ2) is 4.75. The van der Waals surface area contributed by atoms with Gasteiger partial charge in [-0.05, 0) is 37.6 Å². The lowest BCUT2D eigenvalue weighted by Crippen LogP contribution is -2.31. The molecule has 1 aliphatic rings. The van der Waals surface area contributed by atoms with E-state index in [1.807, 2.05) is 12.1 Å². The van der Waals surface area contributed by atoms with E-state index in [2.05, 4.69) is 9.88 Å². The van der Waals surface area contributed by atoms with E-state index in [1.165, 1.54) is 0 Å². The van der Waals surface area contributed by atoms with E-state index in [0.29, 0.717) is 25.2 Å². The number of carbonyl (C=O) groups is 1. The lowest BCUT2D eigenvalue weighted by atomic mass is 9.90. The number of nitriles is 1. The molecule has 0 amide bonds. The topological polar surface area (TPSA) is 77.2 Å². The fourth-order valence-corrected chi connectivity index (χ4v) is 2.26. The minimum Gasteiger partial charge on any atom is -0.481 e. The molecule has 94 valence electrons. The molecule has 1 atom stereocenters. The van der Waals surface area contributed by atoms with Crippen LogP contribution in [0.1, 0.15) is 24.6 Å². The number of hydrogen-bond acceptors (Lipinski definition) is 4. The van der Waals surface area contributed by atoms with Crippen LogP contribution in [0, 0.1) is 16.7 Å². The molecule has 2 heterocycles. The highest BCUT2D eigenvalue weighted by atomic mass is 16.4. The predicted molar refractivity (Wildman–Crippen MR) is 64.6 cm³/mol. The average Bonchev–Trinajstić information content (AvgIpc) is 2.72. The van der Waals surface area contributed by atoms with Crippen LogP contribution in [-0.2, 0) is 11.3 Å². The van der Waals surface area contributed by atoms with Gasteiger partial charge in [0.2, 0.25) is 0 Å². The van der Waals surface area contributed by atoms with Crippen LogP contribution < -0.4 is 0 Å². The van der Waals surface area contributed by atoms with E-state index in [1.54, 1.807) is 19.2 Å². The van der Waals surface area contributed by atoms with Crippen LogP contribution in [0.5, 0.6) is 0 Å². The summed E-state index contributed by atoms with van der Waals surface area (Å²) in [4.78, 5) is 17.2. The van der Waals surface area contributed by atoms with Crippen molar-refractivity contribution in [3.63, 3.8) is 0 Å². The first-order valence-electron chi connectivity index (χ1n) is 5.84. The van der Waals surface area contributed by atoms with Crippen molar-refractivity contribution in [2.45, 2.75) is 19.9 Å². The maximum Gasteiger partial charge on any atom is 0.310 e. The number of hydrogen-bond donors (Lipinski definition) is 1. The van der Waals surface area contributed by atoms with Gasteiger partial charge in [-0.1, -0.05) is 0 Å². The summed E-state index contributed by atoms with van der Waals surface area (Å²) in [6, 6.07) is 5.61. The van der Waals surface area contributed by atoms with Crippen molar-refractivity contribution >= 4 is 5.97 Å². The molecule has 1 aliphatic heterocycles. The molecule has 1 aromatic rings. The van der Waals surface area contributed by atoms with Gasteiger partial charge in [-0.3, -0.25) is 9.69 Å². The van der Waals surface area contributed by atoms with Crippen LogP contribution >= 0.6 is 0 Å². The normalized spacial score (nSPS) is 23.8. The Bertz CT molecular complexity index is 509. The first-order chi connectivity index (χ1) is 8.53. The Balaban J connectivity index is 2.04. The highest BCUT2D eigenvalue weighted by Gasteiger charge is 2.40. The van der Waals surface area contributed by atoms with Crippen molar-refractivity contribution in [1.29, 1.82) is 5.26 Å². The van der Waals surface area contributed by atoms with E-state index in [4.69, 9.17) is 10.4 Å². The summed E-state index contributed by atoms with van der Waals surface area (Å²) in [7, 11) is 0. The Kier molecular flexibility index (Phi) is 3.30. The number of carboxylic acid groups (broad SMARTS) is 1. The molecule has 0 aromatic carbocycles. The van der Waals surface area contributed by atoms with E-state index in [-0.39, 0.29) is 0 Å². The van der Waals surface area contributed by atoms with Gasteiger partial charge >= 0.3 is 5.97 Å². The molecular weight excluding hydrogens is 230 g/mol. The maximum absolute atomic E-state index is 11.1. The molecule has 1 N–H and O–H groups in total. The molecule has 0 radical (unpaired) electrons. The molecule has 0 aliphatic carbocycles. The average molecular weight is 245 g/mol. The fraction of sp³-hybridized carbons (Fsp3) is 0.462. The molecule has 0 spiro atoms. The lowest BCUT2D eigenvalue weighted by molar-refractivity contribution is -0.147. The number of aromatic nitrogens is 1. The Hall–Kier alpha value is -1.93. The molecule has 1 unspecified atom stereocenters. The number of nitrogens with zero attached hydrogens (tertiary/aromatic N) is 3. The summed E-state index contributed by atoms with van der Waals surface area (Å²) in [6.07, 6.45) is 2.28. The van der Waals surface area contributed by atoms with Crippen LogP contribution in [-0.4, -0.2) is 34.0 Å². The number of aliphatic carboxylic acids is 1. The van der Waals surface area contributed by atoms with Crippen molar-refractivity contribution in [2.75, 3.05) is 13.1 Å². The highest BCUT2D eigenvalue weighted by molar-refractivity contribution is 5.74. The SMILES string of the molecule is CC1(C(=O)O)CCN(Cc2ccnc(C#N)c2)C1. The third-order valence-corrected chi connectivity index (χ3v) is 3.41. The molecule has 0 bridgehead atoms. The summed E-state index contributed by atoms with van der Waals surface area (Å²) in [5.74, 6) is -0.738. The minimum absolute atomic E-state index is 0.396. The van der Waals surface area contributed by atoms with Gasteiger partial charge in [0, 0.05) is 19.3 Å². The van der Waals surface area contributed by atoms with Gasteiger partial charge in [0.15, 0.2) is 0 Å². The van der Waals surface area contributed by atoms with Crippen LogP contribution in [0.4, 0.5) is 0 Å². The lowest BCUT2D eigenvalue weighted by Gasteiger charge is -2.20. The number of likely N-dealkylation sites (tertiary alicyclic amines) is 1. The molecule has 5 nitrogen and oxygen atoms in total. The monoisotopic (exact) mass is 245 g/mol. The van der Waals surface area contributed by atoms with Crippen LogP contribution in [0.2, 0.25) is 0 Å². The van der Waals surface area contributed by atoms with Crippen LogP contribution in [0.15, 0.2) is 18.3 Å². The van der Waals surface area contributed by atoms with E-state index in [9.17, 15) is 4.79 Å². The molecule has 1 fully saturated rings. The van der Waals surface area contributed by atoms with E-state index in [0.717, 1.165) is 12.1 Å². The quantitative estimate of drug-likeness (QED) is 0.867. The zero-order valence-electron chi connectivity index (χ0n) is 10.3. The van der Waals surface area contributed by atoms with Crippen molar-refractivity contribution in [1.82, 2.24) is 9.88 Å². The van der Waals surface area contributed by atoms with Crippen LogP contribution in [0.3, 0.4) is 0 Å². The van der Waals surface area contributed by atoms with Crippen molar-refractivity contribution in [3.8, 4) is 6.07 Å². The number of rotatable bonds is 3. The van der Waals surface area contributed by atoms with Crippen molar-refractivity contribution in [3.05, 3.63) is 29.6 Å². The molecule has 5 heteroatoms. The second-order valence-corrected chi connectivity index (χ2v) is 4.99. The minimum atomic E-state index is -0.738. The van der Waals surface area contributed by atoms with Crippen molar-refractivity contribution in [2.24, 2.45) is 5.41 Å². The standard InChI is InChI=1S/C13H15N3O2/c1-13(12(17)18)3-5-16(9-13)8-10-2-4-15-11(6-10)7-14/h2,4,6H,3,5,8-9H2,1H3,(H,17,18). The maximum atomic E-state index is 11.1. The van der Waals surface area contributed by atoms with Gasteiger partial charge in [-0.2, -0.15) is 5.26 Å². The van der Waals surface area contributed by atoms with Gasteiger partial charge < -0.3 is 5.11 Å². The molecular formula is C13H15N3O2. The summed E-state index contributed by atoms with van der Waals surface area (Å²) >= 11 is 0. The van der Waals surface area contributed by atoms with Gasteiger partial charge in [-0.25, -0.2) is 4.98 Å². The van der Waals surface area contributed by atoms with Crippen LogP contribution in [0.25, 0.3) is 0 Å². The first-order valence-corrected chi connectivity index (χ1v) is 5.84. The Morgan fingerprint density at radius 2 is 2.50 bits per heavy atom. The fourth-order valence-electron chi connectivity index (χ4n) is 2.26. The molecule has 1 aromatic heterocycles. The molecule has 2 rings (SSSR count). The largest absolute Gasteiger partial charge is 0.481 e. The molecule has 18 heavy (non-hydrogen) atoms. The van der Waals surface area contributed by atoms with Gasteiger partial charge in [0.05, 0.1) is 5.41 Å². The van der Waals surface area contributed by atoms with Gasteiger partial charge in [-0.15, -0.1) is 0 Å². The van der Waals surface area contributed by atoms with Gasteiger partial charge in [0.25, 0.3) is 0 Å². The highest BCUT2D eigenvalue weighted by Crippen LogP contribution is 2.30.